The Morgan fingerprint density at radius 1 is 1.33 bits per heavy atom. The highest BCUT2D eigenvalue weighted by Crippen LogP contribution is 2.39. The molecule has 0 aliphatic carbocycles. The molecule has 3 heteroatoms. The number of benzene rings is 1. The lowest BCUT2D eigenvalue weighted by Gasteiger charge is -2.24. The first-order valence-corrected chi connectivity index (χ1v) is 6.90. The highest BCUT2D eigenvalue weighted by molar-refractivity contribution is 6.32. The minimum atomic E-state index is 0.108. The van der Waals surface area contributed by atoms with Gasteiger partial charge in [-0.2, -0.15) is 0 Å². The normalized spacial score (nSPS) is 20.2. The summed E-state index contributed by atoms with van der Waals surface area (Å²) in [6.45, 7) is 8.72. The predicted molar refractivity (Wildman–Crippen MR) is 76.9 cm³/mol. The standard InChI is InChI=1S/C15H22ClNO/c1-15(2,3)11-7-12(10-5-6-17-9-10)14(18-4)13(16)8-11/h7-8,10,17H,5-6,9H2,1-4H3. The van der Waals surface area contributed by atoms with Gasteiger partial charge in [0.05, 0.1) is 12.1 Å². The van der Waals surface area contributed by atoms with E-state index in [-0.39, 0.29) is 5.41 Å². The van der Waals surface area contributed by atoms with Crippen LogP contribution in [-0.4, -0.2) is 20.2 Å². The maximum Gasteiger partial charge on any atom is 0.140 e. The summed E-state index contributed by atoms with van der Waals surface area (Å²) in [7, 11) is 1.70. The molecule has 1 aromatic carbocycles. The molecule has 100 valence electrons. The van der Waals surface area contributed by atoms with E-state index in [0.29, 0.717) is 5.92 Å². The molecule has 1 N–H and O–H groups in total. The van der Waals surface area contributed by atoms with Gasteiger partial charge in [0.15, 0.2) is 0 Å². The van der Waals surface area contributed by atoms with Gasteiger partial charge in [0.25, 0.3) is 0 Å². The van der Waals surface area contributed by atoms with Crippen LogP contribution in [0.1, 0.15) is 44.2 Å². The highest BCUT2D eigenvalue weighted by atomic mass is 35.5. The zero-order chi connectivity index (χ0) is 13.3. The zero-order valence-corrected chi connectivity index (χ0v) is 12.4. The van der Waals surface area contributed by atoms with Crippen LogP contribution < -0.4 is 10.1 Å². The minimum Gasteiger partial charge on any atom is -0.495 e. The Morgan fingerprint density at radius 3 is 2.56 bits per heavy atom. The summed E-state index contributed by atoms with van der Waals surface area (Å²) in [4.78, 5) is 0. The van der Waals surface area contributed by atoms with Gasteiger partial charge in [-0.15, -0.1) is 0 Å². The summed E-state index contributed by atoms with van der Waals surface area (Å²) in [5.74, 6) is 1.36. The van der Waals surface area contributed by atoms with Crippen LogP contribution in [-0.2, 0) is 5.41 Å². The van der Waals surface area contributed by atoms with Crippen LogP contribution in [0, 0.1) is 0 Å². The fourth-order valence-electron chi connectivity index (χ4n) is 2.49. The third-order valence-electron chi connectivity index (χ3n) is 3.64. The van der Waals surface area contributed by atoms with Crippen molar-refractivity contribution >= 4 is 11.6 Å². The summed E-state index contributed by atoms with van der Waals surface area (Å²) < 4.78 is 5.50. The van der Waals surface area contributed by atoms with Crippen molar-refractivity contribution in [2.24, 2.45) is 0 Å². The van der Waals surface area contributed by atoms with Crippen molar-refractivity contribution in [1.29, 1.82) is 0 Å². The summed E-state index contributed by atoms with van der Waals surface area (Å²) in [6.07, 6.45) is 1.15. The van der Waals surface area contributed by atoms with Gasteiger partial charge in [0.1, 0.15) is 5.75 Å². The van der Waals surface area contributed by atoms with Crippen molar-refractivity contribution in [3.8, 4) is 5.75 Å². The van der Waals surface area contributed by atoms with Gasteiger partial charge in [-0.25, -0.2) is 0 Å². The Hall–Kier alpha value is -0.730. The average Bonchev–Trinajstić information content (AvgIpc) is 2.79. The van der Waals surface area contributed by atoms with Crippen molar-refractivity contribution in [3.05, 3.63) is 28.3 Å². The molecule has 1 fully saturated rings. The third-order valence-corrected chi connectivity index (χ3v) is 3.92. The van der Waals surface area contributed by atoms with E-state index in [1.165, 1.54) is 11.1 Å². The van der Waals surface area contributed by atoms with E-state index in [4.69, 9.17) is 16.3 Å². The summed E-state index contributed by atoms with van der Waals surface area (Å²) in [5.41, 5.74) is 2.63. The van der Waals surface area contributed by atoms with E-state index in [1.807, 2.05) is 6.07 Å². The molecule has 1 saturated heterocycles. The van der Waals surface area contributed by atoms with E-state index >= 15 is 0 Å². The van der Waals surface area contributed by atoms with Crippen LogP contribution in [0.2, 0.25) is 5.02 Å². The van der Waals surface area contributed by atoms with Crippen LogP contribution in [0.5, 0.6) is 5.75 Å². The molecule has 2 nitrogen and oxygen atoms in total. The van der Waals surface area contributed by atoms with Crippen LogP contribution in [0.25, 0.3) is 0 Å². The predicted octanol–water partition coefficient (Wildman–Crippen LogP) is 3.72. The summed E-state index contributed by atoms with van der Waals surface area (Å²) in [5, 5.41) is 4.13. The van der Waals surface area contributed by atoms with Gasteiger partial charge in [0, 0.05) is 18.0 Å². The van der Waals surface area contributed by atoms with Crippen molar-refractivity contribution in [2.45, 2.75) is 38.5 Å². The maximum absolute atomic E-state index is 6.37. The molecule has 1 heterocycles. The van der Waals surface area contributed by atoms with E-state index in [2.05, 4.69) is 32.2 Å². The van der Waals surface area contributed by atoms with Crippen LogP contribution in [0.4, 0.5) is 0 Å². The highest BCUT2D eigenvalue weighted by Gasteiger charge is 2.25. The molecular weight excluding hydrogens is 246 g/mol. The second-order valence-electron chi connectivity index (χ2n) is 6.02. The largest absolute Gasteiger partial charge is 0.495 e. The van der Waals surface area contributed by atoms with Crippen molar-refractivity contribution < 1.29 is 4.74 Å². The molecule has 2 rings (SSSR count). The number of ether oxygens (including phenoxy) is 1. The van der Waals surface area contributed by atoms with Crippen molar-refractivity contribution in [2.75, 3.05) is 20.2 Å². The first kappa shape index (κ1) is 13.7. The monoisotopic (exact) mass is 267 g/mol. The molecule has 1 unspecified atom stereocenters. The maximum atomic E-state index is 6.37. The molecule has 0 radical (unpaired) electrons. The molecule has 1 aliphatic rings. The van der Waals surface area contributed by atoms with Crippen molar-refractivity contribution in [3.63, 3.8) is 0 Å². The van der Waals surface area contributed by atoms with E-state index in [9.17, 15) is 0 Å². The zero-order valence-electron chi connectivity index (χ0n) is 11.6. The number of halogens is 1. The van der Waals surface area contributed by atoms with Crippen LogP contribution in [0.3, 0.4) is 0 Å². The first-order valence-electron chi connectivity index (χ1n) is 6.52. The lowest BCUT2D eigenvalue weighted by Crippen LogP contribution is -2.14. The smallest absolute Gasteiger partial charge is 0.140 e. The van der Waals surface area contributed by atoms with Gasteiger partial charge >= 0.3 is 0 Å². The third kappa shape index (κ3) is 2.65. The number of hydrogen-bond donors (Lipinski definition) is 1. The number of rotatable bonds is 2. The van der Waals surface area contributed by atoms with Crippen LogP contribution >= 0.6 is 11.6 Å². The Morgan fingerprint density at radius 2 is 2.06 bits per heavy atom. The molecule has 0 aromatic heterocycles. The Labute approximate surface area is 115 Å². The Balaban J connectivity index is 2.50. The first-order chi connectivity index (χ1) is 8.43. The van der Waals surface area contributed by atoms with Gasteiger partial charge in [-0.05, 0) is 30.0 Å². The van der Waals surface area contributed by atoms with Crippen molar-refractivity contribution in [1.82, 2.24) is 5.32 Å². The molecule has 1 atom stereocenters. The molecule has 1 aliphatic heterocycles. The fraction of sp³-hybridized carbons (Fsp3) is 0.600. The minimum absolute atomic E-state index is 0.108. The molecule has 0 amide bonds. The van der Waals surface area contributed by atoms with E-state index in [0.717, 1.165) is 30.3 Å². The van der Waals surface area contributed by atoms with Crippen LogP contribution in [0.15, 0.2) is 12.1 Å². The molecule has 18 heavy (non-hydrogen) atoms. The molecule has 0 bridgehead atoms. The lowest BCUT2D eigenvalue weighted by atomic mass is 9.84. The topological polar surface area (TPSA) is 21.3 Å². The molecule has 1 aromatic rings. The lowest BCUT2D eigenvalue weighted by molar-refractivity contribution is 0.406. The van der Waals surface area contributed by atoms with Gasteiger partial charge < -0.3 is 10.1 Å². The summed E-state index contributed by atoms with van der Waals surface area (Å²) in [6, 6.07) is 4.30. The van der Waals surface area contributed by atoms with Gasteiger partial charge in [-0.3, -0.25) is 0 Å². The second kappa shape index (κ2) is 5.10. The second-order valence-corrected chi connectivity index (χ2v) is 6.43. The van der Waals surface area contributed by atoms with E-state index < -0.39 is 0 Å². The van der Waals surface area contributed by atoms with E-state index in [1.54, 1.807) is 7.11 Å². The Kier molecular flexibility index (Phi) is 3.88. The summed E-state index contributed by atoms with van der Waals surface area (Å²) >= 11 is 6.37. The number of methoxy groups -OCH3 is 1. The molecule has 0 spiro atoms. The molecular formula is C15H22ClNO. The number of hydrogen-bond acceptors (Lipinski definition) is 2. The SMILES string of the molecule is COc1c(Cl)cc(C(C)(C)C)cc1C1CCNC1. The number of nitrogens with one attached hydrogen (secondary N) is 1. The average molecular weight is 268 g/mol. The quantitative estimate of drug-likeness (QED) is 0.882. The molecule has 0 saturated carbocycles. The van der Waals surface area contributed by atoms with Gasteiger partial charge in [-0.1, -0.05) is 38.4 Å². The fourth-order valence-corrected chi connectivity index (χ4v) is 2.79. The Bertz CT molecular complexity index is 431. The van der Waals surface area contributed by atoms with Gasteiger partial charge in [0.2, 0.25) is 0 Å².